The van der Waals surface area contributed by atoms with Crippen molar-refractivity contribution in [3.63, 3.8) is 0 Å². The van der Waals surface area contributed by atoms with E-state index in [1.54, 1.807) is 14.2 Å². The minimum atomic E-state index is 0.245. The number of rotatable bonds is 9. The number of anilines is 1. The number of hydrogen-bond acceptors (Lipinski definition) is 7. The van der Waals surface area contributed by atoms with Gasteiger partial charge < -0.3 is 29.1 Å². The fourth-order valence-electron chi connectivity index (χ4n) is 3.46. The summed E-state index contributed by atoms with van der Waals surface area (Å²) in [6, 6.07) is 9.71. The molecule has 8 heteroatoms. The minimum absolute atomic E-state index is 0.245. The second-order valence-electron chi connectivity index (χ2n) is 6.93. The number of pyridine rings is 1. The van der Waals surface area contributed by atoms with Crippen LogP contribution in [0.2, 0.25) is 0 Å². The number of hydrogen-bond donors (Lipinski definition) is 1. The van der Waals surface area contributed by atoms with Crippen LogP contribution < -0.4 is 15.2 Å². The van der Waals surface area contributed by atoms with Crippen molar-refractivity contribution in [2.24, 2.45) is 0 Å². The summed E-state index contributed by atoms with van der Waals surface area (Å²) in [6.45, 7) is 3.78. The Morgan fingerprint density at radius 3 is 2.59 bits per heavy atom. The molecule has 1 aromatic carbocycles. The number of nitrogen functional groups attached to an aromatic ring is 1. The summed E-state index contributed by atoms with van der Waals surface area (Å²) < 4.78 is 23.6. The number of nitrogens with zero attached hydrogens (tertiary/aromatic N) is 3. The van der Waals surface area contributed by atoms with Crippen LogP contribution in [0.15, 0.2) is 36.5 Å². The van der Waals surface area contributed by atoms with Crippen molar-refractivity contribution in [3.8, 4) is 22.8 Å². The lowest BCUT2D eigenvalue weighted by atomic mass is 10.1. The van der Waals surface area contributed by atoms with Gasteiger partial charge >= 0.3 is 0 Å². The zero-order valence-corrected chi connectivity index (χ0v) is 16.8. The molecule has 0 atom stereocenters. The summed E-state index contributed by atoms with van der Waals surface area (Å²) >= 11 is 0. The molecule has 0 aliphatic carbocycles. The van der Waals surface area contributed by atoms with E-state index in [9.17, 15) is 0 Å². The molecule has 0 spiro atoms. The van der Waals surface area contributed by atoms with E-state index in [0.29, 0.717) is 25.4 Å². The van der Waals surface area contributed by atoms with E-state index in [2.05, 4.69) is 9.30 Å². The van der Waals surface area contributed by atoms with Gasteiger partial charge in [-0.3, -0.25) is 4.90 Å². The van der Waals surface area contributed by atoms with E-state index in [4.69, 9.17) is 29.7 Å². The number of benzene rings is 1. The van der Waals surface area contributed by atoms with Crippen molar-refractivity contribution in [2.75, 3.05) is 53.0 Å². The maximum atomic E-state index is 6.07. The lowest BCUT2D eigenvalue weighted by Crippen LogP contribution is -2.31. The smallest absolute Gasteiger partial charge is 0.231 e. The van der Waals surface area contributed by atoms with Crippen molar-refractivity contribution in [2.45, 2.75) is 6.54 Å². The molecule has 0 saturated heterocycles. The Bertz CT molecular complexity index is 980. The van der Waals surface area contributed by atoms with Gasteiger partial charge in [0, 0.05) is 51.3 Å². The van der Waals surface area contributed by atoms with Crippen molar-refractivity contribution in [1.29, 1.82) is 0 Å². The Balaban J connectivity index is 1.75. The Kier molecular flexibility index (Phi) is 5.84. The van der Waals surface area contributed by atoms with E-state index in [-0.39, 0.29) is 6.79 Å². The van der Waals surface area contributed by atoms with Crippen LogP contribution in [-0.2, 0) is 16.0 Å². The normalized spacial score (nSPS) is 12.9. The molecule has 0 bridgehead atoms. The molecule has 29 heavy (non-hydrogen) atoms. The quantitative estimate of drug-likeness (QED) is 0.593. The van der Waals surface area contributed by atoms with E-state index in [1.165, 1.54) is 0 Å². The molecule has 0 unspecified atom stereocenters. The molecule has 0 fully saturated rings. The van der Waals surface area contributed by atoms with Crippen LogP contribution in [0.4, 0.5) is 5.69 Å². The summed E-state index contributed by atoms with van der Waals surface area (Å²) in [4.78, 5) is 7.17. The third-order valence-electron chi connectivity index (χ3n) is 4.98. The summed E-state index contributed by atoms with van der Waals surface area (Å²) in [5.74, 6) is 1.49. The minimum Gasteiger partial charge on any atom is -0.454 e. The Hall–Kier alpha value is -2.81. The van der Waals surface area contributed by atoms with Crippen LogP contribution in [0, 0.1) is 0 Å². The molecule has 154 valence electrons. The lowest BCUT2D eigenvalue weighted by molar-refractivity contribution is 0.109. The molecule has 3 aromatic rings. The molecule has 4 rings (SSSR count). The number of nitrogens with two attached hydrogens (primary N) is 1. The van der Waals surface area contributed by atoms with Gasteiger partial charge in [0.2, 0.25) is 6.79 Å². The third kappa shape index (κ3) is 4.14. The molecular weight excluding hydrogens is 372 g/mol. The van der Waals surface area contributed by atoms with Gasteiger partial charge in [-0.15, -0.1) is 0 Å². The predicted octanol–water partition coefficient (Wildman–Crippen LogP) is 2.41. The maximum absolute atomic E-state index is 6.07. The van der Waals surface area contributed by atoms with Gasteiger partial charge in [-0.05, 0) is 30.3 Å². The molecule has 1 aliphatic heterocycles. The van der Waals surface area contributed by atoms with Crippen molar-refractivity contribution >= 4 is 11.3 Å². The summed E-state index contributed by atoms with van der Waals surface area (Å²) in [5.41, 5.74) is 10.5. The number of fused-ring (bicyclic) bond motifs is 2. The first kappa shape index (κ1) is 19.5. The highest BCUT2D eigenvalue weighted by Crippen LogP contribution is 2.37. The van der Waals surface area contributed by atoms with Crippen molar-refractivity contribution in [1.82, 2.24) is 14.3 Å². The SMILES string of the molecule is COCCN(CCOC)Cc1c(-c2ccc3c(c2)OCO3)nc2ccc(N)cn12. The van der Waals surface area contributed by atoms with Gasteiger partial charge in [-0.2, -0.15) is 0 Å². The second-order valence-corrected chi connectivity index (χ2v) is 6.93. The van der Waals surface area contributed by atoms with Gasteiger partial charge in [-0.25, -0.2) is 4.98 Å². The lowest BCUT2D eigenvalue weighted by Gasteiger charge is -2.22. The standard InChI is InChI=1S/C21H26N4O4/c1-26-9-7-24(8-10-27-2)13-17-21(23-20-6-4-16(22)12-25(17)20)15-3-5-18-19(11-15)29-14-28-18/h3-6,11-12H,7-10,13-14,22H2,1-2H3. The number of aromatic nitrogens is 2. The van der Waals surface area contributed by atoms with Gasteiger partial charge in [0.25, 0.3) is 0 Å². The van der Waals surface area contributed by atoms with Gasteiger partial charge in [0.1, 0.15) is 5.65 Å². The first-order chi connectivity index (χ1) is 14.2. The van der Waals surface area contributed by atoms with Gasteiger partial charge in [0.05, 0.1) is 24.6 Å². The number of ether oxygens (including phenoxy) is 4. The van der Waals surface area contributed by atoms with Crippen LogP contribution in [0.1, 0.15) is 5.69 Å². The van der Waals surface area contributed by atoms with E-state index < -0.39 is 0 Å². The van der Waals surface area contributed by atoms with Gasteiger partial charge in [-0.1, -0.05) is 0 Å². The average molecular weight is 398 g/mol. The Labute approximate surface area is 169 Å². The van der Waals surface area contributed by atoms with Crippen molar-refractivity contribution in [3.05, 3.63) is 42.2 Å². The average Bonchev–Trinajstić information content (AvgIpc) is 3.34. The largest absolute Gasteiger partial charge is 0.454 e. The summed E-state index contributed by atoms with van der Waals surface area (Å²) in [7, 11) is 3.42. The topological polar surface area (TPSA) is 83.5 Å². The van der Waals surface area contributed by atoms with Crippen LogP contribution in [0.5, 0.6) is 11.5 Å². The Morgan fingerprint density at radius 1 is 1.07 bits per heavy atom. The first-order valence-corrected chi connectivity index (χ1v) is 9.56. The molecule has 3 heterocycles. The molecule has 0 saturated carbocycles. The monoisotopic (exact) mass is 398 g/mol. The zero-order valence-electron chi connectivity index (χ0n) is 16.8. The van der Waals surface area contributed by atoms with Gasteiger partial charge in [0.15, 0.2) is 11.5 Å². The Morgan fingerprint density at radius 2 is 1.83 bits per heavy atom. The highest BCUT2D eigenvalue weighted by atomic mass is 16.7. The molecule has 8 nitrogen and oxygen atoms in total. The fraction of sp³-hybridized carbons (Fsp3) is 0.381. The molecule has 0 radical (unpaired) electrons. The molecule has 2 aromatic heterocycles. The highest BCUT2D eigenvalue weighted by Gasteiger charge is 2.20. The molecular formula is C21H26N4O4. The van der Waals surface area contributed by atoms with Crippen LogP contribution >= 0.6 is 0 Å². The highest BCUT2D eigenvalue weighted by molar-refractivity contribution is 5.70. The van der Waals surface area contributed by atoms with Crippen LogP contribution in [0.3, 0.4) is 0 Å². The molecule has 2 N–H and O–H groups in total. The predicted molar refractivity (Wildman–Crippen MR) is 110 cm³/mol. The fourth-order valence-corrected chi connectivity index (χ4v) is 3.46. The van der Waals surface area contributed by atoms with E-state index >= 15 is 0 Å². The van der Waals surface area contributed by atoms with Crippen molar-refractivity contribution < 1.29 is 18.9 Å². The maximum Gasteiger partial charge on any atom is 0.231 e. The van der Waals surface area contributed by atoms with E-state index in [0.717, 1.165) is 47.2 Å². The number of imidazole rings is 1. The molecule has 1 aliphatic rings. The molecule has 0 amide bonds. The van der Waals surface area contributed by atoms with Crippen LogP contribution in [-0.4, -0.2) is 61.6 Å². The third-order valence-corrected chi connectivity index (χ3v) is 4.98. The zero-order chi connectivity index (χ0) is 20.2. The summed E-state index contributed by atoms with van der Waals surface area (Å²) in [5, 5.41) is 0. The second kappa shape index (κ2) is 8.69. The summed E-state index contributed by atoms with van der Waals surface area (Å²) in [6.07, 6.45) is 1.92. The number of methoxy groups -OCH3 is 2. The van der Waals surface area contributed by atoms with E-state index in [1.807, 2.05) is 36.5 Å². The first-order valence-electron chi connectivity index (χ1n) is 9.56. The van der Waals surface area contributed by atoms with Crippen LogP contribution in [0.25, 0.3) is 16.9 Å².